The number of likely N-dealkylation sites (N-methyl/N-ethyl adjacent to an activating group) is 1. The predicted octanol–water partition coefficient (Wildman–Crippen LogP) is 2.57. The number of aliphatic hydroxyl groups is 1. The largest absolute Gasteiger partial charge is 0.387 e. The maximum absolute atomic E-state index is 12.8. The molecule has 1 heterocycles. The van der Waals surface area contributed by atoms with E-state index in [1.165, 1.54) is 47.5 Å². The third kappa shape index (κ3) is 5.12. The molecule has 0 aliphatic rings. The van der Waals surface area contributed by atoms with Gasteiger partial charge in [-0.25, -0.2) is 4.39 Å². The SMILES string of the molecule is CN(CC(=O)NCC(O)c1ccc(F)cc1)C(=O)c1ccc(Br)s1. The van der Waals surface area contributed by atoms with Gasteiger partial charge >= 0.3 is 0 Å². The second kappa shape index (κ2) is 8.36. The number of aliphatic hydroxyl groups excluding tert-OH is 1. The van der Waals surface area contributed by atoms with Gasteiger partial charge in [0.25, 0.3) is 5.91 Å². The number of rotatable bonds is 6. The van der Waals surface area contributed by atoms with Crippen molar-refractivity contribution in [2.24, 2.45) is 0 Å². The fraction of sp³-hybridized carbons (Fsp3) is 0.250. The zero-order valence-corrected chi connectivity index (χ0v) is 15.2. The summed E-state index contributed by atoms with van der Waals surface area (Å²) < 4.78 is 13.7. The molecule has 5 nitrogen and oxygen atoms in total. The highest BCUT2D eigenvalue weighted by Crippen LogP contribution is 2.23. The number of halogens is 2. The average Bonchev–Trinajstić information content (AvgIpc) is 2.99. The molecule has 0 saturated carbocycles. The average molecular weight is 415 g/mol. The normalized spacial score (nSPS) is 11.8. The van der Waals surface area contributed by atoms with E-state index >= 15 is 0 Å². The van der Waals surface area contributed by atoms with Crippen LogP contribution < -0.4 is 5.32 Å². The van der Waals surface area contributed by atoms with E-state index in [1.807, 2.05) is 0 Å². The van der Waals surface area contributed by atoms with Crippen LogP contribution in [0, 0.1) is 5.82 Å². The van der Waals surface area contributed by atoms with E-state index in [4.69, 9.17) is 0 Å². The van der Waals surface area contributed by atoms with Crippen molar-refractivity contribution in [1.82, 2.24) is 10.2 Å². The first-order chi connectivity index (χ1) is 11.4. The van der Waals surface area contributed by atoms with Gasteiger partial charge in [-0.1, -0.05) is 12.1 Å². The molecule has 0 spiro atoms. The van der Waals surface area contributed by atoms with Crippen molar-refractivity contribution in [3.8, 4) is 0 Å². The van der Waals surface area contributed by atoms with Gasteiger partial charge in [0, 0.05) is 13.6 Å². The van der Waals surface area contributed by atoms with Crippen LogP contribution in [-0.2, 0) is 4.79 Å². The van der Waals surface area contributed by atoms with E-state index < -0.39 is 11.9 Å². The predicted molar refractivity (Wildman–Crippen MR) is 93.3 cm³/mol. The molecule has 1 aromatic carbocycles. The van der Waals surface area contributed by atoms with E-state index in [-0.39, 0.29) is 24.9 Å². The van der Waals surface area contributed by atoms with Crippen molar-refractivity contribution in [1.29, 1.82) is 0 Å². The first-order valence-corrected chi connectivity index (χ1v) is 8.69. The monoisotopic (exact) mass is 414 g/mol. The molecule has 2 rings (SSSR count). The van der Waals surface area contributed by atoms with Crippen molar-refractivity contribution in [2.45, 2.75) is 6.10 Å². The van der Waals surface area contributed by atoms with Gasteiger partial charge in [-0.15, -0.1) is 11.3 Å². The molecule has 0 aliphatic heterocycles. The molecule has 0 fully saturated rings. The number of amides is 2. The highest BCUT2D eigenvalue weighted by atomic mass is 79.9. The summed E-state index contributed by atoms with van der Waals surface area (Å²) in [4.78, 5) is 25.9. The second-order valence-corrected chi connectivity index (χ2v) is 7.60. The molecule has 8 heteroatoms. The molecule has 1 atom stereocenters. The first kappa shape index (κ1) is 18.6. The lowest BCUT2D eigenvalue weighted by molar-refractivity contribution is -0.122. The Kier molecular flexibility index (Phi) is 6.47. The molecular weight excluding hydrogens is 399 g/mol. The fourth-order valence-electron chi connectivity index (χ4n) is 1.97. The van der Waals surface area contributed by atoms with Crippen LogP contribution in [0.2, 0.25) is 0 Å². The van der Waals surface area contributed by atoms with E-state index in [0.717, 1.165) is 3.79 Å². The van der Waals surface area contributed by atoms with Gasteiger partial charge < -0.3 is 15.3 Å². The Labute approximate surface area is 151 Å². The zero-order valence-electron chi connectivity index (χ0n) is 12.8. The van der Waals surface area contributed by atoms with Crippen LogP contribution in [0.5, 0.6) is 0 Å². The highest BCUT2D eigenvalue weighted by molar-refractivity contribution is 9.11. The third-order valence-electron chi connectivity index (χ3n) is 3.26. The standard InChI is InChI=1S/C16H16BrFN2O3S/c1-20(16(23)13-6-7-14(17)24-13)9-15(22)19-8-12(21)10-2-4-11(18)5-3-10/h2-7,12,21H,8-9H2,1H3,(H,19,22). The van der Waals surface area contributed by atoms with Crippen LogP contribution in [0.1, 0.15) is 21.3 Å². The van der Waals surface area contributed by atoms with Gasteiger partial charge in [0.15, 0.2) is 0 Å². The molecule has 24 heavy (non-hydrogen) atoms. The number of nitrogens with one attached hydrogen (secondary N) is 1. The molecule has 1 aromatic heterocycles. The van der Waals surface area contributed by atoms with Crippen LogP contribution in [0.25, 0.3) is 0 Å². The molecule has 1 unspecified atom stereocenters. The van der Waals surface area contributed by atoms with Gasteiger partial charge in [0.1, 0.15) is 5.82 Å². The summed E-state index contributed by atoms with van der Waals surface area (Å²) >= 11 is 4.58. The Morgan fingerprint density at radius 2 is 1.96 bits per heavy atom. The van der Waals surface area contributed by atoms with Gasteiger partial charge in [-0.05, 0) is 45.8 Å². The van der Waals surface area contributed by atoms with Crippen molar-refractivity contribution in [3.63, 3.8) is 0 Å². The maximum atomic E-state index is 12.8. The molecule has 2 N–H and O–H groups in total. The minimum atomic E-state index is -0.941. The van der Waals surface area contributed by atoms with Gasteiger partial charge in [0.2, 0.25) is 5.91 Å². The lowest BCUT2D eigenvalue weighted by Gasteiger charge is -2.17. The molecule has 128 valence electrons. The summed E-state index contributed by atoms with van der Waals surface area (Å²) in [5.41, 5.74) is 0.504. The Morgan fingerprint density at radius 1 is 1.29 bits per heavy atom. The number of benzene rings is 1. The smallest absolute Gasteiger partial charge is 0.264 e. The topological polar surface area (TPSA) is 69.6 Å². The summed E-state index contributed by atoms with van der Waals surface area (Å²) in [6, 6.07) is 8.85. The lowest BCUT2D eigenvalue weighted by Crippen LogP contribution is -2.39. The highest BCUT2D eigenvalue weighted by Gasteiger charge is 2.17. The first-order valence-electron chi connectivity index (χ1n) is 7.08. The Morgan fingerprint density at radius 3 is 2.54 bits per heavy atom. The Bertz CT molecular complexity index is 720. The number of hydrogen-bond donors (Lipinski definition) is 2. The van der Waals surface area contributed by atoms with Crippen LogP contribution in [0.3, 0.4) is 0 Å². The van der Waals surface area contributed by atoms with Gasteiger partial charge in [0.05, 0.1) is 21.3 Å². The summed E-state index contributed by atoms with van der Waals surface area (Å²) in [6.07, 6.45) is -0.941. The van der Waals surface area contributed by atoms with Gasteiger partial charge in [-0.2, -0.15) is 0 Å². The molecular formula is C16H16BrFN2O3S. The van der Waals surface area contributed by atoms with Crippen LogP contribution in [0.4, 0.5) is 4.39 Å². The van der Waals surface area contributed by atoms with E-state index in [1.54, 1.807) is 12.1 Å². The van der Waals surface area contributed by atoms with E-state index in [2.05, 4.69) is 21.2 Å². The summed E-state index contributed by atoms with van der Waals surface area (Å²) in [6.45, 7) is -0.137. The number of carbonyl (C=O) groups excluding carboxylic acids is 2. The zero-order chi connectivity index (χ0) is 17.7. The van der Waals surface area contributed by atoms with Crippen molar-refractivity contribution in [2.75, 3.05) is 20.1 Å². The van der Waals surface area contributed by atoms with Gasteiger partial charge in [-0.3, -0.25) is 9.59 Å². The number of nitrogens with zero attached hydrogens (tertiary/aromatic N) is 1. The minimum absolute atomic E-state index is 0.0168. The number of thiophene rings is 1. The van der Waals surface area contributed by atoms with Crippen molar-refractivity contribution in [3.05, 3.63) is 56.4 Å². The van der Waals surface area contributed by atoms with Crippen LogP contribution >= 0.6 is 27.3 Å². The molecule has 2 amide bonds. The van der Waals surface area contributed by atoms with E-state index in [0.29, 0.717) is 10.4 Å². The summed E-state index contributed by atoms with van der Waals surface area (Å²) in [5.74, 6) is -1.03. The molecule has 0 aliphatic carbocycles. The Balaban J connectivity index is 1.82. The van der Waals surface area contributed by atoms with Crippen LogP contribution in [0.15, 0.2) is 40.2 Å². The molecule has 0 saturated heterocycles. The fourth-order valence-corrected chi connectivity index (χ4v) is 3.35. The molecule has 0 bridgehead atoms. The quantitative estimate of drug-likeness (QED) is 0.762. The summed E-state index contributed by atoms with van der Waals surface area (Å²) in [7, 11) is 1.53. The molecule has 2 aromatic rings. The van der Waals surface area contributed by atoms with Crippen molar-refractivity contribution >= 4 is 39.1 Å². The third-order valence-corrected chi connectivity index (χ3v) is 4.87. The number of carbonyl (C=O) groups is 2. The number of hydrogen-bond acceptors (Lipinski definition) is 4. The Hall–Kier alpha value is -1.77. The lowest BCUT2D eigenvalue weighted by atomic mass is 10.1. The molecule has 0 radical (unpaired) electrons. The summed E-state index contributed by atoms with van der Waals surface area (Å²) in [5, 5.41) is 12.5. The van der Waals surface area contributed by atoms with E-state index in [9.17, 15) is 19.1 Å². The van der Waals surface area contributed by atoms with Crippen molar-refractivity contribution < 1.29 is 19.1 Å². The van der Waals surface area contributed by atoms with Crippen LogP contribution in [-0.4, -0.2) is 42.0 Å². The second-order valence-electron chi connectivity index (χ2n) is 5.14. The minimum Gasteiger partial charge on any atom is -0.387 e. The maximum Gasteiger partial charge on any atom is 0.264 e.